The zero-order valence-electron chi connectivity index (χ0n) is 10.0. The minimum atomic E-state index is -0.136. The van der Waals surface area contributed by atoms with Gasteiger partial charge in [-0.2, -0.15) is 0 Å². The van der Waals surface area contributed by atoms with Crippen LogP contribution in [0.5, 0.6) is 11.5 Å². The summed E-state index contributed by atoms with van der Waals surface area (Å²) in [6.45, 7) is 8.32. The van der Waals surface area contributed by atoms with Gasteiger partial charge in [0.05, 0.1) is 0 Å². The van der Waals surface area contributed by atoms with Crippen molar-refractivity contribution in [3.63, 3.8) is 0 Å². The first-order chi connectivity index (χ1) is 6.35. The molecule has 1 aromatic rings. The SMILES string of the molecule is C.C.CC(C)C(C)(C)c1cc(O)ccc1O.[W].[W]. The number of hydrogen-bond acceptors (Lipinski definition) is 2. The maximum Gasteiger partial charge on any atom is 0.119 e. The second-order valence-corrected chi connectivity index (χ2v) is 4.58. The first kappa shape index (κ1) is 26.7. The number of phenols is 2. The van der Waals surface area contributed by atoms with Gasteiger partial charge in [-0.25, -0.2) is 0 Å². The molecule has 1 aromatic carbocycles. The molecule has 0 atom stereocenters. The van der Waals surface area contributed by atoms with Gasteiger partial charge in [-0.3, -0.25) is 0 Å². The summed E-state index contributed by atoms with van der Waals surface area (Å²) in [5.74, 6) is 0.850. The Labute approximate surface area is 141 Å². The van der Waals surface area contributed by atoms with Crippen LogP contribution in [0.25, 0.3) is 0 Å². The summed E-state index contributed by atoms with van der Waals surface area (Å²) < 4.78 is 0. The molecule has 2 nitrogen and oxygen atoms in total. The standard InChI is InChI=1S/C12H18O2.2CH4.2W/c1-8(2)12(3,4)10-7-9(13)5-6-11(10)14;;;;/h5-8,13-14H,1-4H3;2*1H4;;. The number of benzene rings is 1. The fraction of sp³-hybridized carbons (Fsp3) is 0.571. The molecule has 0 saturated carbocycles. The van der Waals surface area contributed by atoms with E-state index >= 15 is 0 Å². The molecular weight excluding hydrogens is 568 g/mol. The van der Waals surface area contributed by atoms with Crippen molar-refractivity contribution in [2.75, 3.05) is 0 Å². The molecular formula is C14H26O2W2. The molecule has 0 bridgehead atoms. The summed E-state index contributed by atoms with van der Waals surface area (Å²) in [4.78, 5) is 0. The van der Waals surface area contributed by atoms with Gasteiger partial charge in [0, 0.05) is 47.7 Å². The molecule has 0 saturated heterocycles. The molecule has 18 heavy (non-hydrogen) atoms. The van der Waals surface area contributed by atoms with Gasteiger partial charge in [0.25, 0.3) is 0 Å². The van der Waals surface area contributed by atoms with Crippen LogP contribution in [0.3, 0.4) is 0 Å². The second-order valence-electron chi connectivity index (χ2n) is 4.58. The Morgan fingerprint density at radius 3 is 1.83 bits per heavy atom. The quantitative estimate of drug-likeness (QED) is 0.502. The largest absolute Gasteiger partial charge is 0.508 e. The van der Waals surface area contributed by atoms with Gasteiger partial charge in [-0.15, -0.1) is 0 Å². The van der Waals surface area contributed by atoms with Crippen molar-refractivity contribution < 1.29 is 52.3 Å². The van der Waals surface area contributed by atoms with Crippen molar-refractivity contribution in [1.82, 2.24) is 0 Å². The molecule has 2 N–H and O–H groups in total. The first-order valence-electron chi connectivity index (χ1n) is 4.88. The molecule has 0 amide bonds. The molecule has 0 aromatic heterocycles. The third-order valence-electron chi connectivity index (χ3n) is 3.12. The van der Waals surface area contributed by atoms with E-state index in [9.17, 15) is 10.2 Å². The molecule has 0 unspecified atom stereocenters. The summed E-state index contributed by atoms with van der Waals surface area (Å²) in [7, 11) is 0. The maximum absolute atomic E-state index is 9.71. The van der Waals surface area contributed by atoms with Crippen molar-refractivity contribution in [3.8, 4) is 11.5 Å². The predicted molar refractivity (Wildman–Crippen MR) is 71.1 cm³/mol. The molecule has 0 radical (unpaired) electrons. The van der Waals surface area contributed by atoms with Crippen molar-refractivity contribution in [2.24, 2.45) is 5.92 Å². The van der Waals surface area contributed by atoms with E-state index < -0.39 is 0 Å². The average Bonchev–Trinajstić information content (AvgIpc) is 2.08. The molecule has 0 aliphatic heterocycles. The van der Waals surface area contributed by atoms with Crippen molar-refractivity contribution in [3.05, 3.63) is 23.8 Å². The monoisotopic (exact) mass is 594 g/mol. The van der Waals surface area contributed by atoms with Crippen LogP contribution in [0.4, 0.5) is 0 Å². The van der Waals surface area contributed by atoms with Gasteiger partial charge in [0.2, 0.25) is 0 Å². The van der Waals surface area contributed by atoms with Gasteiger partial charge in [0.15, 0.2) is 0 Å². The summed E-state index contributed by atoms with van der Waals surface area (Å²) >= 11 is 0. The Balaban J connectivity index is -0.000000245. The van der Waals surface area contributed by atoms with Gasteiger partial charge in [-0.05, 0) is 29.5 Å². The zero-order chi connectivity index (χ0) is 10.9. The fourth-order valence-corrected chi connectivity index (χ4v) is 1.35. The minimum Gasteiger partial charge on any atom is -0.508 e. The van der Waals surface area contributed by atoms with Crippen LogP contribution in [-0.2, 0) is 47.5 Å². The van der Waals surface area contributed by atoms with Crippen LogP contribution in [0, 0.1) is 5.92 Å². The summed E-state index contributed by atoms with van der Waals surface area (Å²) in [6.07, 6.45) is 0. The van der Waals surface area contributed by atoms with Gasteiger partial charge in [-0.1, -0.05) is 42.5 Å². The summed E-state index contributed by atoms with van der Waals surface area (Å²) in [5, 5.41) is 19.1. The molecule has 4 heteroatoms. The molecule has 0 aliphatic rings. The van der Waals surface area contributed by atoms with Crippen LogP contribution < -0.4 is 0 Å². The van der Waals surface area contributed by atoms with Crippen molar-refractivity contribution >= 4 is 0 Å². The Morgan fingerprint density at radius 2 is 1.44 bits per heavy atom. The van der Waals surface area contributed by atoms with E-state index in [4.69, 9.17) is 0 Å². The fourth-order valence-electron chi connectivity index (χ4n) is 1.35. The predicted octanol–water partition coefficient (Wildman–Crippen LogP) is 4.30. The molecule has 0 heterocycles. The summed E-state index contributed by atoms with van der Waals surface area (Å²) in [6, 6.07) is 4.67. The molecule has 0 fully saturated rings. The van der Waals surface area contributed by atoms with E-state index in [0.717, 1.165) is 5.56 Å². The van der Waals surface area contributed by atoms with Gasteiger partial charge < -0.3 is 10.2 Å². The third kappa shape index (κ3) is 5.89. The van der Waals surface area contributed by atoms with E-state index in [-0.39, 0.29) is 73.9 Å². The zero-order valence-corrected chi connectivity index (χ0v) is 15.9. The Kier molecular flexibility index (Phi) is 14.9. The van der Waals surface area contributed by atoms with E-state index in [0.29, 0.717) is 5.92 Å². The van der Waals surface area contributed by atoms with Gasteiger partial charge >= 0.3 is 0 Å². The van der Waals surface area contributed by atoms with E-state index in [1.54, 1.807) is 6.07 Å². The first-order valence-corrected chi connectivity index (χ1v) is 4.88. The van der Waals surface area contributed by atoms with Crippen LogP contribution >= 0.6 is 0 Å². The molecule has 1 rings (SSSR count). The number of aromatic hydroxyl groups is 2. The van der Waals surface area contributed by atoms with E-state index in [1.807, 2.05) is 0 Å². The number of phenolic OH excluding ortho intramolecular Hbond substituents is 2. The maximum atomic E-state index is 9.71. The third-order valence-corrected chi connectivity index (χ3v) is 3.12. The van der Waals surface area contributed by atoms with E-state index in [1.165, 1.54) is 12.1 Å². The normalized spacial score (nSPS) is 9.39. The Bertz CT molecular complexity index is 337. The Hall–Kier alpha value is 0.197. The summed E-state index contributed by atoms with van der Waals surface area (Å²) in [5.41, 5.74) is 0.663. The molecule has 0 spiro atoms. The van der Waals surface area contributed by atoms with Gasteiger partial charge in [0.1, 0.15) is 11.5 Å². The average molecular weight is 594 g/mol. The number of rotatable bonds is 2. The molecule has 106 valence electrons. The van der Waals surface area contributed by atoms with E-state index in [2.05, 4.69) is 27.7 Å². The van der Waals surface area contributed by atoms with Crippen LogP contribution in [0.15, 0.2) is 18.2 Å². The number of hydrogen-bond donors (Lipinski definition) is 2. The second kappa shape index (κ2) is 10.0. The topological polar surface area (TPSA) is 40.5 Å². The Morgan fingerprint density at radius 1 is 1.00 bits per heavy atom. The van der Waals surface area contributed by atoms with Crippen molar-refractivity contribution in [1.29, 1.82) is 0 Å². The minimum absolute atomic E-state index is 0. The van der Waals surface area contributed by atoms with Crippen LogP contribution in [0.1, 0.15) is 48.1 Å². The molecule has 0 aliphatic carbocycles. The van der Waals surface area contributed by atoms with Crippen molar-refractivity contribution in [2.45, 2.75) is 48.0 Å². The van der Waals surface area contributed by atoms with Crippen LogP contribution in [0.2, 0.25) is 0 Å². The van der Waals surface area contributed by atoms with Crippen LogP contribution in [-0.4, -0.2) is 10.2 Å². The smallest absolute Gasteiger partial charge is 0.119 e.